The quantitative estimate of drug-likeness (QED) is 0.717. The van der Waals surface area contributed by atoms with E-state index >= 15 is 0 Å². The molecule has 1 heterocycles. The normalized spacial score (nSPS) is 11.1. The molecule has 5 nitrogen and oxygen atoms in total. The predicted molar refractivity (Wildman–Crippen MR) is 43.6 cm³/mol. The highest BCUT2D eigenvalue weighted by atomic mass is 19.4. The summed E-state index contributed by atoms with van der Waals surface area (Å²) < 4.78 is 35.0. The Balaban J connectivity index is 2.38. The summed E-state index contributed by atoms with van der Waals surface area (Å²) in [5.41, 5.74) is 3.58. The van der Waals surface area contributed by atoms with E-state index in [1.54, 1.807) is 5.43 Å². The third-order valence-electron chi connectivity index (χ3n) is 1.31. The van der Waals surface area contributed by atoms with Crippen LogP contribution in [0.4, 0.5) is 13.2 Å². The maximum atomic E-state index is 11.7. The summed E-state index contributed by atoms with van der Waals surface area (Å²) >= 11 is 0. The molecule has 0 atom stereocenters. The molecule has 82 valence electrons. The Morgan fingerprint density at radius 1 is 1.47 bits per heavy atom. The van der Waals surface area contributed by atoms with Crippen molar-refractivity contribution in [3.05, 3.63) is 24.3 Å². The van der Waals surface area contributed by atoms with Gasteiger partial charge in [0.1, 0.15) is 18.6 Å². The molecular weight excluding hydrogens is 213 g/mol. The molecular formula is C7H7F3N4O. The average Bonchev–Trinajstić information content (AvgIpc) is 2.17. The number of carbonyl (C=O) groups excluding carboxylic acids is 1. The van der Waals surface area contributed by atoms with Crippen molar-refractivity contribution in [2.24, 2.45) is 0 Å². The SMILES string of the molecule is O=C(NNCC(F)(F)F)c1ccncn1. The van der Waals surface area contributed by atoms with E-state index in [-0.39, 0.29) is 5.69 Å². The summed E-state index contributed by atoms with van der Waals surface area (Å²) in [4.78, 5) is 18.2. The van der Waals surface area contributed by atoms with Crippen LogP contribution >= 0.6 is 0 Å². The van der Waals surface area contributed by atoms with E-state index in [0.717, 1.165) is 6.33 Å². The van der Waals surface area contributed by atoms with Crippen molar-refractivity contribution < 1.29 is 18.0 Å². The molecule has 0 saturated carbocycles. The van der Waals surface area contributed by atoms with Crippen molar-refractivity contribution >= 4 is 5.91 Å². The van der Waals surface area contributed by atoms with Gasteiger partial charge in [-0.25, -0.2) is 15.4 Å². The highest BCUT2D eigenvalue weighted by molar-refractivity contribution is 5.91. The molecule has 1 aromatic rings. The summed E-state index contributed by atoms with van der Waals surface area (Å²) in [6.45, 7) is -1.30. The number of nitrogens with one attached hydrogen (secondary N) is 2. The third-order valence-corrected chi connectivity index (χ3v) is 1.31. The molecule has 8 heteroatoms. The minimum Gasteiger partial charge on any atom is -0.286 e. The number of hydrazine groups is 1. The lowest BCUT2D eigenvalue weighted by Gasteiger charge is -2.08. The molecule has 0 saturated heterocycles. The lowest BCUT2D eigenvalue weighted by molar-refractivity contribution is -0.126. The van der Waals surface area contributed by atoms with Gasteiger partial charge >= 0.3 is 6.18 Å². The number of carbonyl (C=O) groups is 1. The molecule has 0 aliphatic carbocycles. The van der Waals surface area contributed by atoms with Crippen molar-refractivity contribution in [1.29, 1.82) is 0 Å². The zero-order valence-corrected chi connectivity index (χ0v) is 7.38. The fourth-order valence-corrected chi connectivity index (χ4v) is 0.714. The number of nitrogens with zero attached hydrogens (tertiary/aromatic N) is 2. The minimum atomic E-state index is -4.38. The first-order valence-electron chi connectivity index (χ1n) is 3.85. The van der Waals surface area contributed by atoms with Crippen molar-refractivity contribution in [3.63, 3.8) is 0 Å². The first-order chi connectivity index (χ1) is 6.99. The van der Waals surface area contributed by atoms with Crippen LogP contribution in [0.1, 0.15) is 10.5 Å². The van der Waals surface area contributed by atoms with Crippen LogP contribution in [0.5, 0.6) is 0 Å². The first-order valence-corrected chi connectivity index (χ1v) is 3.85. The van der Waals surface area contributed by atoms with Crippen LogP contribution in [0.25, 0.3) is 0 Å². The molecule has 0 spiro atoms. The number of halogens is 3. The molecule has 0 radical (unpaired) electrons. The Bertz CT molecular complexity index is 327. The first kappa shape index (κ1) is 11.4. The molecule has 0 fully saturated rings. The Labute approximate surface area is 82.7 Å². The van der Waals surface area contributed by atoms with Gasteiger partial charge in [-0.3, -0.25) is 10.2 Å². The maximum Gasteiger partial charge on any atom is 0.402 e. The predicted octanol–water partition coefficient (Wildman–Crippen LogP) is 0.273. The van der Waals surface area contributed by atoms with E-state index in [1.165, 1.54) is 12.3 Å². The highest BCUT2D eigenvalue weighted by Crippen LogP contribution is 2.11. The third kappa shape index (κ3) is 4.36. The number of rotatable bonds is 3. The number of aromatic nitrogens is 2. The van der Waals surface area contributed by atoms with Gasteiger partial charge in [-0.15, -0.1) is 0 Å². The molecule has 1 amide bonds. The van der Waals surface area contributed by atoms with Crippen LogP contribution in [0, 0.1) is 0 Å². The molecule has 1 rings (SSSR count). The van der Waals surface area contributed by atoms with E-state index < -0.39 is 18.6 Å². The van der Waals surface area contributed by atoms with Gasteiger partial charge in [0.2, 0.25) is 0 Å². The van der Waals surface area contributed by atoms with Crippen LogP contribution in [-0.2, 0) is 0 Å². The molecule has 1 aromatic heterocycles. The second kappa shape index (κ2) is 4.69. The fraction of sp³-hybridized carbons (Fsp3) is 0.286. The van der Waals surface area contributed by atoms with Crippen molar-refractivity contribution in [2.75, 3.05) is 6.54 Å². The molecule has 15 heavy (non-hydrogen) atoms. The Morgan fingerprint density at radius 2 is 2.20 bits per heavy atom. The molecule has 0 aliphatic heterocycles. The fourth-order valence-electron chi connectivity index (χ4n) is 0.714. The van der Waals surface area contributed by atoms with E-state index in [0.29, 0.717) is 0 Å². The van der Waals surface area contributed by atoms with E-state index in [4.69, 9.17) is 0 Å². The Kier molecular flexibility index (Phi) is 3.56. The zero-order chi connectivity index (χ0) is 11.3. The van der Waals surface area contributed by atoms with E-state index in [1.807, 2.05) is 5.43 Å². The van der Waals surface area contributed by atoms with Gasteiger partial charge in [0.15, 0.2) is 0 Å². The topological polar surface area (TPSA) is 66.9 Å². The largest absolute Gasteiger partial charge is 0.402 e. The van der Waals surface area contributed by atoms with Crippen LogP contribution in [0.2, 0.25) is 0 Å². The van der Waals surface area contributed by atoms with Gasteiger partial charge in [-0.1, -0.05) is 0 Å². The van der Waals surface area contributed by atoms with Crippen molar-refractivity contribution in [2.45, 2.75) is 6.18 Å². The molecule has 0 bridgehead atoms. The lowest BCUT2D eigenvalue weighted by Crippen LogP contribution is -2.43. The van der Waals surface area contributed by atoms with Gasteiger partial charge in [0, 0.05) is 6.20 Å². The minimum absolute atomic E-state index is 0.0142. The standard InChI is InChI=1S/C7H7F3N4O/c8-7(9,10)3-13-14-6(15)5-1-2-11-4-12-5/h1-2,4,13H,3H2,(H,14,15). The smallest absolute Gasteiger partial charge is 0.286 e. The molecule has 2 N–H and O–H groups in total. The van der Waals surface area contributed by atoms with Crippen LogP contribution in [-0.4, -0.2) is 28.6 Å². The van der Waals surface area contributed by atoms with Gasteiger partial charge in [-0.05, 0) is 6.07 Å². The summed E-state index contributed by atoms with van der Waals surface area (Å²) in [7, 11) is 0. The molecule has 0 unspecified atom stereocenters. The van der Waals surface area contributed by atoms with Crippen molar-refractivity contribution in [3.8, 4) is 0 Å². The van der Waals surface area contributed by atoms with Crippen LogP contribution in [0.15, 0.2) is 18.6 Å². The number of hydrogen-bond acceptors (Lipinski definition) is 4. The number of hydrogen-bond donors (Lipinski definition) is 2. The monoisotopic (exact) mass is 220 g/mol. The van der Waals surface area contributed by atoms with Gasteiger partial charge in [-0.2, -0.15) is 13.2 Å². The Morgan fingerprint density at radius 3 is 2.73 bits per heavy atom. The number of alkyl halides is 3. The van der Waals surface area contributed by atoms with E-state index in [2.05, 4.69) is 9.97 Å². The van der Waals surface area contributed by atoms with Crippen LogP contribution < -0.4 is 10.9 Å². The molecule has 0 aromatic carbocycles. The van der Waals surface area contributed by atoms with Crippen LogP contribution in [0.3, 0.4) is 0 Å². The van der Waals surface area contributed by atoms with E-state index in [9.17, 15) is 18.0 Å². The highest BCUT2D eigenvalue weighted by Gasteiger charge is 2.26. The summed E-state index contributed by atoms with van der Waals surface area (Å²) in [5, 5.41) is 0. The summed E-state index contributed by atoms with van der Waals surface area (Å²) in [5.74, 6) is -0.748. The Hall–Kier alpha value is -1.70. The second-order valence-electron chi connectivity index (χ2n) is 2.52. The maximum absolute atomic E-state index is 11.7. The van der Waals surface area contributed by atoms with Gasteiger partial charge in [0.25, 0.3) is 5.91 Å². The zero-order valence-electron chi connectivity index (χ0n) is 7.38. The second-order valence-corrected chi connectivity index (χ2v) is 2.52. The van der Waals surface area contributed by atoms with Gasteiger partial charge in [0.05, 0.1) is 0 Å². The number of amides is 1. The summed E-state index contributed by atoms with van der Waals surface area (Å²) in [6, 6.07) is 1.28. The lowest BCUT2D eigenvalue weighted by atomic mass is 10.4. The van der Waals surface area contributed by atoms with Gasteiger partial charge < -0.3 is 0 Å². The summed E-state index contributed by atoms with van der Waals surface area (Å²) in [6.07, 6.45) is -1.94. The molecule has 0 aliphatic rings. The average molecular weight is 220 g/mol. The van der Waals surface area contributed by atoms with Crippen molar-refractivity contribution in [1.82, 2.24) is 20.8 Å².